The van der Waals surface area contributed by atoms with E-state index in [-0.39, 0.29) is 0 Å². The quantitative estimate of drug-likeness (QED) is 0.324. The minimum absolute atomic E-state index is 0.332. The molecule has 6 N–H and O–H groups in total. The topological polar surface area (TPSA) is 76.1 Å². The molecule has 2 rings (SSSR count). The van der Waals surface area contributed by atoms with E-state index in [2.05, 4.69) is 36.6 Å². The van der Waals surface area contributed by atoms with Gasteiger partial charge in [0.25, 0.3) is 0 Å². The molecule has 2 aromatic carbocycles. The molecule has 0 aliphatic rings. The highest BCUT2D eigenvalue weighted by molar-refractivity contribution is 5.52. The molecular formula is C22H34N4. The maximum Gasteiger partial charge on any atom is 0.0341 e. The Morgan fingerprint density at radius 3 is 1.81 bits per heavy atom. The molecule has 26 heavy (non-hydrogen) atoms. The molecule has 0 saturated carbocycles. The molecule has 0 radical (unpaired) electrons. The van der Waals surface area contributed by atoms with Gasteiger partial charge >= 0.3 is 0 Å². The molecule has 0 fully saturated rings. The van der Waals surface area contributed by atoms with Gasteiger partial charge in [0, 0.05) is 35.8 Å². The van der Waals surface area contributed by atoms with E-state index in [0.717, 1.165) is 42.3 Å². The summed E-state index contributed by atoms with van der Waals surface area (Å²) in [6.45, 7) is 6.58. The Balaban J connectivity index is 1.85. The van der Waals surface area contributed by atoms with Gasteiger partial charge in [0.1, 0.15) is 0 Å². The second kappa shape index (κ2) is 9.95. The van der Waals surface area contributed by atoms with Crippen LogP contribution in [0.15, 0.2) is 48.5 Å². The average Bonchev–Trinajstić information content (AvgIpc) is 2.66. The first-order valence-electron chi connectivity index (χ1n) is 9.76. The van der Waals surface area contributed by atoms with Crippen LogP contribution in [0.1, 0.15) is 46.0 Å². The first kappa shape index (κ1) is 20.0. The fraction of sp³-hybridized carbons (Fsp3) is 0.455. The lowest BCUT2D eigenvalue weighted by Crippen LogP contribution is -2.30. The summed E-state index contributed by atoms with van der Waals surface area (Å²) in [5, 5.41) is 7.12. The summed E-state index contributed by atoms with van der Waals surface area (Å²) in [5.74, 6) is 0. The third-order valence-electron chi connectivity index (χ3n) is 5.23. The Bertz CT molecular complexity index is 636. The van der Waals surface area contributed by atoms with E-state index < -0.39 is 0 Å². The van der Waals surface area contributed by atoms with Crippen LogP contribution in [0.2, 0.25) is 0 Å². The monoisotopic (exact) mass is 354 g/mol. The first-order chi connectivity index (χ1) is 12.6. The predicted molar refractivity (Wildman–Crippen MR) is 116 cm³/mol. The van der Waals surface area contributed by atoms with Crippen LogP contribution >= 0.6 is 0 Å². The molecule has 4 heteroatoms. The molecule has 0 spiro atoms. The number of hydrogen-bond acceptors (Lipinski definition) is 4. The van der Waals surface area contributed by atoms with Gasteiger partial charge in [-0.25, -0.2) is 0 Å². The molecule has 0 amide bonds. The molecule has 0 aromatic heterocycles. The van der Waals surface area contributed by atoms with Crippen LogP contribution in [-0.2, 0) is 0 Å². The molecule has 2 aromatic rings. The molecule has 0 aliphatic carbocycles. The Kier molecular flexibility index (Phi) is 7.64. The third kappa shape index (κ3) is 6.17. The molecule has 1 unspecified atom stereocenters. The van der Waals surface area contributed by atoms with Gasteiger partial charge in [-0.15, -0.1) is 0 Å². The number of nitrogens with two attached hydrogens (primary N) is 2. The number of nitrogen functional groups attached to an aromatic ring is 2. The third-order valence-corrected chi connectivity index (χ3v) is 5.23. The number of benzene rings is 2. The summed E-state index contributed by atoms with van der Waals surface area (Å²) in [6.07, 6.45) is 6.00. The van der Waals surface area contributed by atoms with Crippen molar-refractivity contribution in [3.05, 3.63) is 48.5 Å². The van der Waals surface area contributed by atoms with Crippen molar-refractivity contribution in [2.45, 2.75) is 46.0 Å². The van der Waals surface area contributed by atoms with Gasteiger partial charge in [-0.3, -0.25) is 0 Å². The van der Waals surface area contributed by atoms with Crippen molar-refractivity contribution in [3.8, 4) is 0 Å². The Hall–Kier alpha value is -2.36. The zero-order chi connectivity index (χ0) is 18.8. The van der Waals surface area contributed by atoms with Crippen molar-refractivity contribution in [1.29, 1.82) is 0 Å². The van der Waals surface area contributed by atoms with E-state index in [1.807, 2.05) is 36.4 Å². The van der Waals surface area contributed by atoms with Gasteiger partial charge in [-0.05, 0) is 79.6 Å². The molecule has 0 heterocycles. The van der Waals surface area contributed by atoms with Gasteiger partial charge in [-0.2, -0.15) is 0 Å². The molecule has 0 bridgehead atoms. The summed E-state index contributed by atoms with van der Waals surface area (Å²) in [6, 6.07) is 16.0. The smallest absolute Gasteiger partial charge is 0.0341 e. The highest BCUT2D eigenvalue weighted by Crippen LogP contribution is 2.34. The number of hydrogen-bond donors (Lipinski definition) is 4. The predicted octanol–water partition coefficient (Wildman–Crippen LogP) is 5.35. The number of rotatable bonds is 11. The number of nitrogens with one attached hydrogen (secondary N) is 2. The highest BCUT2D eigenvalue weighted by atomic mass is 14.9. The minimum atomic E-state index is 0.332. The molecule has 0 aliphatic heterocycles. The fourth-order valence-corrected chi connectivity index (χ4v) is 3.50. The summed E-state index contributed by atoms with van der Waals surface area (Å²) in [7, 11) is 0. The lowest BCUT2D eigenvalue weighted by Gasteiger charge is -2.33. The average molecular weight is 355 g/mol. The van der Waals surface area contributed by atoms with E-state index in [0.29, 0.717) is 5.41 Å². The molecule has 0 saturated heterocycles. The van der Waals surface area contributed by atoms with E-state index >= 15 is 0 Å². The van der Waals surface area contributed by atoms with E-state index in [9.17, 15) is 0 Å². The van der Waals surface area contributed by atoms with Crippen molar-refractivity contribution in [2.75, 3.05) is 35.2 Å². The SMILES string of the molecule is CCCC(CC)(CCCNc1ccc(N)cc1)CNc1ccc(N)cc1. The highest BCUT2D eigenvalue weighted by Gasteiger charge is 2.26. The fourth-order valence-electron chi connectivity index (χ4n) is 3.50. The van der Waals surface area contributed by atoms with Crippen LogP contribution in [0.5, 0.6) is 0 Å². The second-order valence-corrected chi connectivity index (χ2v) is 7.23. The Morgan fingerprint density at radius 1 is 0.769 bits per heavy atom. The van der Waals surface area contributed by atoms with E-state index in [1.54, 1.807) is 0 Å². The zero-order valence-electron chi connectivity index (χ0n) is 16.2. The number of anilines is 4. The molecule has 4 nitrogen and oxygen atoms in total. The second-order valence-electron chi connectivity index (χ2n) is 7.23. The van der Waals surface area contributed by atoms with Crippen molar-refractivity contribution in [1.82, 2.24) is 0 Å². The van der Waals surface area contributed by atoms with Crippen molar-refractivity contribution in [3.63, 3.8) is 0 Å². The first-order valence-corrected chi connectivity index (χ1v) is 9.76. The van der Waals surface area contributed by atoms with Gasteiger partial charge < -0.3 is 22.1 Å². The lowest BCUT2D eigenvalue weighted by atomic mass is 9.76. The van der Waals surface area contributed by atoms with Crippen LogP contribution in [-0.4, -0.2) is 13.1 Å². The van der Waals surface area contributed by atoms with Gasteiger partial charge in [0.2, 0.25) is 0 Å². The molecular weight excluding hydrogens is 320 g/mol. The lowest BCUT2D eigenvalue weighted by molar-refractivity contribution is 0.241. The standard InChI is InChI=1S/C22H34N4/c1-3-14-22(4-2,17-26-21-12-8-19(24)9-13-21)15-5-16-25-20-10-6-18(23)7-11-20/h6-13,25-26H,3-5,14-17,23-24H2,1-2H3. The van der Waals surface area contributed by atoms with E-state index in [1.165, 1.54) is 25.7 Å². The normalized spacial score (nSPS) is 13.2. The summed E-state index contributed by atoms with van der Waals surface area (Å²) >= 11 is 0. The van der Waals surface area contributed by atoms with E-state index in [4.69, 9.17) is 11.5 Å². The van der Waals surface area contributed by atoms with Crippen molar-refractivity contribution < 1.29 is 0 Å². The molecule has 1 atom stereocenters. The van der Waals surface area contributed by atoms with Crippen molar-refractivity contribution in [2.24, 2.45) is 5.41 Å². The Morgan fingerprint density at radius 2 is 1.31 bits per heavy atom. The van der Waals surface area contributed by atoms with Gasteiger partial charge in [-0.1, -0.05) is 20.3 Å². The van der Waals surface area contributed by atoms with Crippen LogP contribution < -0.4 is 22.1 Å². The zero-order valence-corrected chi connectivity index (χ0v) is 16.2. The van der Waals surface area contributed by atoms with Crippen LogP contribution in [0.3, 0.4) is 0 Å². The molecule has 142 valence electrons. The van der Waals surface area contributed by atoms with Crippen molar-refractivity contribution >= 4 is 22.7 Å². The summed E-state index contributed by atoms with van der Waals surface area (Å²) < 4.78 is 0. The van der Waals surface area contributed by atoms with Crippen LogP contribution in [0.25, 0.3) is 0 Å². The Labute approximate surface area is 158 Å². The maximum absolute atomic E-state index is 5.78. The minimum Gasteiger partial charge on any atom is -0.399 e. The summed E-state index contributed by atoms with van der Waals surface area (Å²) in [4.78, 5) is 0. The van der Waals surface area contributed by atoms with Gasteiger partial charge in [0.05, 0.1) is 0 Å². The maximum atomic E-state index is 5.78. The van der Waals surface area contributed by atoms with Crippen LogP contribution in [0.4, 0.5) is 22.7 Å². The largest absolute Gasteiger partial charge is 0.399 e. The van der Waals surface area contributed by atoms with Crippen LogP contribution in [0, 0.1) is 5.41 Å². The summed E-state index contributed by atoms with van der Waals surface area (Å²) in [5.41, 5.74) is 15.7. The van der Waals surface area contributed by atoms with Gasteiger partial charge in [0.15, 0.2) is 0 Å².